The van der Waals surface area contributed by atoms with Crippen molar-refractivity contribution in [3.63, 3.8) is 0 Å². The Labute approximate surface area is 119 Å². The molecule has 0 fully saturated rings. The normalized spacial score (nSPS) is 13.9. The lowest BCUT2D eigenvalue weighted by Crippen LogP contribution is -2.40. The van der Waals surface area contributed by atoms with Gasteiger partial charge in [0.1, 0.15) is 5.54 Å². The highest BCUT2D eigenvalue weighted by molar-refractivity contribution is 7.99. The van der Waals surface area contributed by atoms with Gasteiger partial charge in [-0.3, -0.25) is 5.32 Å². The lowest BCUT2D eigenvalue weighted by molar-refractivity contribution is 0.426. The number of thioether (sulfide) groups is 1. The third-order valence-electron chi connectivity index (χ3n) is 2.72. The number of benzene rings is 1. The van der Waals surface area contributed by atoms with Crippen LogP contribution in [0.1, 0.15) is 26.7 Å². The molecule has 0 spiro atoms. The maximum Gasteiger partial charge on any atom is 0.103 e. The molecule has 18 heavy (non-hydrogen) atoms. The summed E-state index contributed by atoms with van der Waals surface area (Å²) in [6.45, 7) is 4.82. The van der Waals surface area contributed by atoms with Crippen LogP contribution in [0.2, 0.25) is 5.02 Å². The zero-order chi connectivity index (χ0) is 13.4. The number of nitriles is 1. The molecule has 0 aliphatic heterocycles. The van der Waals surface area contributed by atoms with Crippen molar-refractivity contribution in [3.05, 3.63) is 29.3 Å². The van der Waals surface area contributed by atoms with E-state index in [9.17, 15) is 0 Å². The summed E-state index contributed by atoms with van der Waals surface area (Å²) >= 11 is 7.64. The van der Waals surface area contributed by atoms with Crippen LogP contribution in [0.15, 0.2) is 29.2 Å². The molecule has 2 nitrogen and oxygen atoms in total. The number of nitrogens with zero attached hydrogens (tertiary/aromatic N) is 1. The van der Waals surface area contributed by atoms with E-state index in [1.165, 1.54) is 4.90 Å². The lowest BCUT2D eigenvalue weighted by atomic mass is 9.98. The van der Waals surface area contributed by atoms with Crippen LogP contribution in [0.5, 0.6) is 0 Å². The van der Waals surface area contributed by atoms with Crippen molar-refractivity contribution in [3.8, 4) is 6.07 Å². The highest BCUT2D eigenvalue weighted by atomic mass is 35.5. The summed E-state index contributed by atoms with van der Waals surface area (Å²) in [7, 11) is 0. The second-order valence-corrected chi connectivity index (χ2v) is 5.98. The van der Waals surface area contributed by atoms with Crippen molar-refractivity contribution in [2.75, 3.05) is 12.3 Å². The van der Waals surface area contributed by atoms with E-state index in [1.807, 2.05) is 38.1 Å². The van der Waals surface area contributed by atoms with Gasteiger partial charge in [0.05, 0.1) is 6.07 Å². The Hall–Kier alpha value is -0.690. The minimum Gasteiger partial charge on any atom is -0.300 e. The van der Waals surface area contributed by atoms with Crippen LogP contribution in [0.4, 0.5) is 0 Å². The molecule has 1 aromatic carbocycles. The third-order valence-corrected chi connectivity index (χ3v) is 4.07. The Morgan fingerprint density at radius 2 is 2.06 bits per heavy atom. The maximum absolute atomic E-state index is 9.13. The third kappa shape index (κ3) is 5.30. The Bertz CT molecular complexity index is 399. The molecule has 1 unspecified atom stereocenters. The predicted octanol–water partition coefficient (Wildman–Crippen LogP) is 4.10. The lowest BCUT2D eigenvalue weighted by Gasteiger charge is -2.22. The predicted molar refractivity (Wildman–Crippen MR) is 79.1 cm³/mol. The molecule has 1 rings (SSSR count). The van der Waals surface area contributed by atoms with E-state index in [0.29, 0.717) is 0 Å². The van der Waals surface area contributed by atoms with Crippen molar-refractivity contribution in [1.29, 1.82) is 5.26 Å². The van der Waals surface area contributed by atoms with Crippen LogP contribution < -0.4 is 5.32 Å². The summed E-state index contributed by atoms with van der Waals surface area (Å²) in [5, 5.41) is 13.1. The fraction of sp³-hybridized carbons (Fsp3) is 0.500. The quantitative estimate of drug-likeness (QED) is 0.604. The van der Waals surface area contributed by atoms with E-state index in [-0.39, 0.29) is 0 Å². The molecule has 1 N–H and O–H groups in total. The molecule has 0 bridgehead atoms. The molecule has 0 aliphatic carbocycles. The second-order valence-electron chi connectivity index (χ2n) is 4.38. The van der Waals surface area contributed by atoms with Crippen molar-refractivity contribution in [1.82, 2.24) is 5.32 Å². The summed E-state index contributed by atoms with van der Waals surface area (Å²) in [5.41, 5.74) is -0.394. The Kier molecular flexibility index (Phi) is 6.56. The van der Waals surface area contributed by atoms with Crippen molar-refractivity contribution in [2.24, 2.45) is 0 Å². The number of nitrogens with one attached hydrogen (secondary N) is 1. The summed E-state index contributed by atoms with van der Waals surface area (Å²) in [6.07, 6.45) is 1.89. The van der Waals surface area contributed by atoms with Gasteiger partial charge in [0.2, 0.25) is 0 Å². The molecule has 0 radical (unpaired) electrons. The Morgan fingerprint density at radius 3 is 2.61 bits per heavy atom. The van der Waals surface area contributed by atoms with E-state index in [1.54, 1.807) is 11.8 Å². The highest BCUT2D eigenvalue weighted by Crippen LogP contribution is 2.22. The van der Waals surface area contributed by atoms with Gasteiger partial charge in [0.25, 0.3) is 0 Å². The van der Waals surface area contributed by atoms with E-state index >= 15 is 0 Å². The molecule has 0 aliphatic rings. The topological polar surface area (TPSA) is 35.8 Å². The number of rotatable bonds is 7. The number of hydrogen-bond donors (Lipinski definition) is 1. The standard InChI is InChI=1S/C14H19ClN2S/c1-3-17-14(2,11-16)9-4-10-18-13-7-5-12(15)6-8-13/h5-8,17H,3-4,9-10H2,1-2H3. The summed E-state index contributed by atoms with van der Waals surface area (Å²) in [4.78, 5) is 1.22. The Balaban J connectivity index is 2.30. The van der Waals surface area contributed by atoms with Crippen LogP contribution in [0.25, 0.3) is 0 Å². The van der Waals surface area contributed by atoms with Crippen LogP contribution in [-0.2, 0) is 0 Å². The van der Waals surface area contributed by atoms with Gasteiger partial charge < -0.3 is 0 Å². The SMILES string of the molecule is CCNC(C)(C#N)CCCSc1ccc(Cl)cc1. The number of halogens is 1. The largest absolute Gasteiger partial charge is 0.300 e. The van der Waals surface area contributed by atoms with Crippen LogP contribution in [0, 0.1) is 11.3 Å². The molecular weight excluding hydrogens is 264 g/mol. The zero-order valence-corrected chi connectivity index (χ0v) is 12.4. The van der Waals surface area contributed by atoms with Crippen molar-refractivity contribution < 1.29 is 0 Å². The smallest absolute Gasteiger partial charge is 0.103 e. The first kappa shape index (κ1) is 15.4. The van der Waals surface area contributed by atoms with Gasteiger partial charge in [0, 0.05) is 9.92 Å². The first-order valence-electron chi connectivity index (χ1n) is 6.14. The molecular formula is C14H19ClN2S. The van der Waals surface area contributed by atoms with Gasteiger partial charge in [-0.2, -0.15) is 5.26 Å². The second kappa shape index (κ2) is 7.68. The molecule has 4 heteroatoms. The molecule has 1 aromatic rings. The maximum atomic E-state index is 9.13. The van der Waals surface area contributed by atoms with Gasteiger partial charge in [0.15, 0.2) is 0 Å². The molecule has 0 aromatic heterocycles. The average molecular weight is 283 g/mol. The van der Waals surface area contributed by atoms with Crippen LogP contribution in [0.3, 0.4) is 0 Å². The first-order chi connectivity index (χ1) is 8.59. The van der Waals surface area contributed by atoms with Crippen LogP contribution in [-0.4, -0.2) is 17.8 Å². The number of hydrogen-bond acceptors (Lipinski definition) is 3. The summed E-state index contributed by atoms with van der Waals surface area (Å²) in [5.74, 6) is 1.02. The molecule has 0 saturated heterocycles. The monoisotopic (exact) mass is 282 g/mol. The van der Waals surface area contributed by atoms with Gasteiger partial charge in [-0.15, -0.1) is 11.8 Å². The first-order valence-corrected chi connectivity index (χ1v) is 7.50. The van der Waals surface area contributed by atoms with E-state index in [0.717, 1.165) is 30.2 Å². The van der Waals surface area contributed by atoms with Gasteiger partial charge >= 0.3 is 0 Å². The fourth-order valence-corrected chi connectivity index (χ4v) is 2.70. The summed E-state index contributed by atoms with van der Waals surface area (Å²) < 4.78 is 0. The molecule has 98 valence electrons. The van der Waals surface area contributed by atoms with Gasteiger partial charge in [-0.25, -0.2) is 0 Å². The van der Waals surface area contributed by atoms with Crippen molar-refractivity contribution >= 4 is 23.4 Å². The minimum absolute atomic E-state index is 0.394. The minimum atomic E-state index is -0.394. The van der Waals surface area contributed by atoms with E-state index in [2.05, 4.69) is 11.4 Å². The zero-order valence-electron chi connectivity index (χ0n) is 10.9. The molecule has 0 heterocycles. The molecule has 0 saturated carbocycles. The molecule has 1 atom stereocenters. The highest BCUT2D eigenvalue weighted by Gasteiger charge is 2.21. The van der Waals surface area contributed by atoms with E-state index < -0.39 is 5.54 Å². The van der Waals surface area contributed by atoms with E-state index in [4.69, 9.17) is 16.9 Å². The van der Waals surface area contributed by atoms with Crippen LogP contribution >= 0.6 is 23.4 Å². The molecule has 0 amide bonds. The average Bonchev–Trinajstić information content (AvgIpc) is 2.37. The van der Waals surface area contributed by atoms with Crippen molar-refractivity contribution in [2.45, 2.75) is 37.1 Å². The van der Waals surface area contributed by atoms with Gasteiger partial charge in [-0.1, -0.05) is 18.5 Å². The van der Waals surface area contributed by atoms with Gasteiger partial charge in [-0.05, 0) is 56.3 Å². The summed E-state index contributed by atoms with van der Waals surface area (Å²) in [6, 6.07) is 10.2. The Morgan fingerprint density at radius 1 is 1.39 bits per heavy atom. The fourth-order valence-electron chi connectivity index (χ4n) is 1.72.